The summed E-state index contributed by atoms with van der Waals surface area (Å²) < 4.78 is 5.47. The van der Waals surface area contributed by atoms with Crippen LogP contribution in [0.3, 0.4) is 0 Å². The Bertz CT molecular complexity index is 880. The van der Waals surface area contributed by atoms with E-state index in [2.05, 4.69) is 39.9 Å². The first kappa shape index (κ1) is 33.5. The van der Waals surface area contributed by atoms with Crippen molar-refractivity contribution in [2.75, 3.05) is 27.2 Å². The first-order valence-corrected chi connectivity index (χ1v) is 14.0. The number of unbranched alkanes of at least 4 members (excludes halogenated alkanes) is 2. The molecule has 0 aromatic heterocycles. The van der Waals surface area contributed by atoms with Crippen LogP contribution < -0.4 is 5.32 Å². The summed E-state index contributed by atoms with van der Waals surface area (Å²) in [6.07, 6.45) is 8.23. The summed E-state index contributed by atoms with van der Waals surface area (Å²) in [6.45, 7) is 13.6. The van der Waals surface area contributed by atoms with Crippen LogP contribution in [0.5, 0.6) is 0 Å². The van der Waals surface area contributed by atoms with Gasteiger partial charge in [0.2, 0.25) is 5.91 Å². The van der Waals surface area contributed by atoms with E-state index in [4.69, 9.17) is 4.74 Å². The van der Waals surface area contributed by atoms with Crippen molar-refractivity contribution in [2.45, 2.75) is 105 Å². The molecule has 8 nitrogen and oxygen atoms in total. The molecule has 1 rings (SSSR count). The third-order valence-electron chi connectivity index (χ3n) is 7.12. The van der Waals surface area contributed by atoms with Gasteiger partial charge in [0.15, 0.2) is 0 Å². The zero-order valence-electron chi connectivity index (χ0n) is 25.0. The van der Waals surface area contributed by atoms with Crippen LogP contribution in [0.1, 0.15) is 104 Å². The van der Waals surface area contributed by atoms with E-state index in [9.17, 15) is 19.7 Å². The van der Waals surface area contributed by atoms with Gasteiger partial charge in [-0.15, -0.1) is 0 Å². The maximum atomic E-state index is 13.0. The van der Waals surface area contributed by atoms with E-state index >= 15 is 0 Å². The number of likely N-dealkylation sites (N-methyl/N-ethyl adjacent to an activating group) is 1. The number of amides is 1. The summed E-state index contributed by atoms with van der Waals surface area (Å²) in [5.74, 6) is -0.647. The number of ether oxygens (including phenoxy) is 1. The quantitative estimate of drug-likeness (QED) is 0.100. The fourth-order valence-corrected chi connectivity index (χ4v) is 5.26. The van der Waals surface area contributed by atoms with Crippen molar-refractivity contribution in [3.05, 3.63) is 39.9 Å². The zero-order chi connectivity index (χ0) is 28.9. The lowest BCUT2D eigenvalue weighted by molar-refractivity contribution is -0.384. The molecular formula is C30H51N3O5. The van der Waals surface area contributed by atoms with Gasteiger partial charge < -0.3 is 10.1 Å². The molecule has 0 heterocycles. The number of non-ortho nitro benzene ring substituents is 1. The van der Waals surface area contributed by atoms with Crippen molar-refractivity contribution in [3.63, 3.8) is 0 Å². The van der Waals surface area contributed by atoms with Crippen molar-refractivity contribution in [3.8, 4) is 0 Å². The van der Waals surface area contributed by atoms with Gasteiger partial charge in [-0.1, -0.05) is 72.9 Å². The van der Waals surface area contributed by atoms with Crippen LogP contribution in [-0.4, -0.2) is 55.0 Å². The molecular weight excluding hydrogens is 482 g/mol. The van der Waals surface area contributed by atoms with Gasteiger partial charge in [-0.3, -0.25) is 24.6 Å². The van der Waals surface area contributed by atoms with E-state index in [0.29, 0.717) is 6.42 Å². The third kappa shape index (κ3) is 13.4. The predicted molar refractivity (Wildman–Crippen MR) is 153 cm³/mol. The molecule has 1 N–H and O–H groups in total. The molecule has 0 aliphatic rings. The van der Waals surface area contributed by atoms with Crippen molar-refractivity contribution in [1.29, 1.82) is 0 Å². The van der Waals surface area contributed by atoms with E-state index in [-0.39, 0.29) is 47.5 Å². The van der Waals surface area contributed by atoms with E-state index in [1.165, 1.54) is 37.8 Å². The minimum absolute atomic E-state index is 0.00935. The van der Waals surface area contributed by atoms with Gasteiger partial charge >= 0.3 is 5.97 Å². The van der Waals surface area contributed by atoms with Crippen molar-refractivity contribution < 1.29 is 19.2 Å². The highest BCUT2D eigenvalue weighted by molar-refractivity contribution is 5.76. The van der Waals surface area contributed by atoms with Gasteiger partial charge in [-0.2, -0.15) is 0 Å². The number of nitrogens with zero attached hydrogens (tertiary/aromatic N) is 2. The summed E-state index contributed by atoms with van der Waals surface area (Å²) in [7, 11) is 3.57. The zero-order valence-corrected chi connectivity index (χ0v) is 25.0. The van der Waals surface area contributed by atoms with Crippen molar-refractivity contribution in [2.24, 2.45) is 10.8 Å². The minimum Gasteiger partial charge on any atom is -0.463 e. The number of nitro groups is 1. The standard InChI is InChI=1S/C30H51N3O5/c1-9-10-11-18-29(3,4)22-30(5,6)19-12-13-27(34)31-26(21-38-28(35)20-32(7)8)23(2)24-14-16-25(17-15-24)33(36)37/h14-17,23,26H,9-13,18-22H2,1-8H3,(H,31,34)/t23?,26-/m1/s1. The molecule has 1 amide bonds. The second-order valence-electron chi connectivity index (χ2n) is 12.5. The van der Waals surface area contributed by atoms with Crippen LogP contribution in [0.15, 0.2) is 24.3 Å². The molecule has 0 aliphatic heterocycles. The molecule has 2 atom stereocenters. The van der Waals surface area contributed by atoms with Crippen LogP contribution in [0.25, 0.3) is 0 Å². The van der Waals surface area contributed by atoms with Gasteiger partial charge in [-0.25, -0.2) is 0 Å². The van der Waals surface area contributed by atoms with Gasteiger partial charge in [-0.05, 0) is 56.2 Å². The first-order valence-electron chi connectivity index (χ1n) is 14.0. The molecule has 0 bridgehead atoms. The molecule has 1 aromatic rings. The SMILES string of the molecule is CCCCCC(C)(C)CC(C)(C)CCCC(=O)N[C@H](COC(=O)CN(C)C)C(C)c1ccc([N+](=O)[O-])cc1. The average molecular weight is 534 g/mol. The number of esters is 1. The highest BCUT2D eigenvalue weighted by Crippen LogP contribution is 2.40. The number of benzene rings is 1. The largest absolute Gasteiger partial charge is 0.463 e. The molecule has 0 radical (unpaired) electrons. The fourth-order valence-electron chi connectivity index (χ4n) is 5.26. The van der Waals surface area contributed by atoms with Crippen LogP contribution in [-0.2, 0) is 14.3 Å². The lowest BCUT2D eigenvalue weighted by Crippen LogP contribution is -2.42. The topological polar surface area (TPSA) is 102 Å². The van der Waals surface area contributed by atoms with E-state index < -0.39 is 11.0 Å². The molecule has 0 spiro atoms. The number of rotatable bonds is 18. The molecule has 216 valence electrons. The summed E-state index contributed by atoms with van der Waals surface area (Å²) in [6, 6.07) is 5.84. The maximum absolute atomic E-state index is 13.0. The Kier molecular flexibility index (Phi) is 14.0. The number of nitrogens with one attached hydrogen (secondary N) is 1. The molecule has 0 saturated heterocycles. The van der Waals surface area contributed by atoms with E-state index in [1.807, 2.05) is 6.92 Å². The van der Waals surface area contributed by atoms with Crippen molar-refractivity contribution >= 4 is 17.6 Å². The molecule has 38 heavy (non-hydrogen) atoms. The van der Waals surface area contributed by atoms with Gasteiger partial charge in [0.1, 0.15) is 6.61 Å². The number of hydrogen-bond acceptors (Lipinski definition) is 6. The highest BCUT2D eigenvalue weighted by atomic mass is 16.6. The Morgan fingerprint density at radius 1 is 1.03 bits per heavy atom. The minimum atomic E-state index is -0.444. The van der Waals surface area contributed by atoms with Crippen LogP contribution in [0.2, 0.25) is 0 Å². The Hall–Kier alpha value is -2.48. The summed E-state index contributed by atoms with van der Waals surface area (Å²) in [4.78, 5) is 37.4. The molecule has 1 aromatic carbocycles. The Labute approximate surface area is 230 Å². The van der Waals surface area contributed by atoms with Crippen LogP contribution in [0, 0.1) is 20.9 Å². The lowest BCUT2D eigenvalue weighted by atomic mass is 9.70. The van der Waals surface area contributed by atoms with Gasteiger partial charge in [0.05, 0.1) is 17.5 Å². The lowest BCUT2D eigenvalue weighted by Gasteiger charge is -2.35. The first-order chi connectivity index (χ1) is 17.7. The van der Waals surface area contributed by atoms with Crippen LogP contribution >= 0.6 is 0 Å². The predicted octanol–water partition coefficient (Wildman–Crippen LogP) is 6.48. The molecule has 0 saturated carbocycles. The number of carbonyl (C=O) groups excluding carboxylic acids is 2. The maximum Gasteiger partial charge on any atom is 0.320 e. The van der Waals surface area contributed by atoms with Gasteiger partial charge in [0, 0.05) is 24.5 Å². The van der Waals surface area contributed by atoms with E-state index in [1.54, 1.807) is 31.1 Å². The third-order valence-corrected chi connectivity index (χ3v) is 7.12. The fraction of sp³-hybridized carbons (Fsp3) is 0.733. The molecule has 0 fully saturated rings. The second kappa shape index (κ2) is 15.8. The Morgan fingerprint density at radius 2 is 1.61 bits per heavy atom. The number of hydrogen-bond donors (Lipinski definition) is 1. The Balaban J connectivity index is 2.77. The molecule has 8 heteroatoms. The summed E-state index contributed by atoms with van der Waals surface area (Å²) in [5, 5.41) is 14.1. The Morgan fingerprint density at radius 3 is 2.13 bits per heavy atom. The summed E-state index contributed by atoms with van der Waals surface area (Å²) >= 11 is 0. The summed E-state index contributed by atoms with van der Waals surface area (Å²) in [5.41, 5.74) is 1.26. The second-order valence-corrected chi connectivity index (χ2v) is 12.5. The normalized spacial score (nSPS) is 13.7. The van der Waals surface area contributed by atoms with Gasteiger partial charge in [0.25, 0.3) is 5.69 Å². The van der Waals surface area contributed by atoms with Crippen molar-refractivity contribution in [1.82, 2.24) is 10.2 Å². The van der Waals surface area contributed by atoms with E-state index in [0.717, 1.165) is 24.8 Å². The monoisotopic (exact) mass is 533 g/mol. The average Bonchev–Trinajstić information content (AvgIpc) is 2.80. The molecule has 0 aliphatic carbocycles. The highest BCUT2D eigenvalue weighted by Gasteiger charge is 2.29. The molecule has 1 unspecified atom stereocenters. The number of carbonyl (C=O) groups is 2. The van der Waals surface area contributed by atoms with Crippen LogP contribution in [0.4, 0.5) is 5.69 Å². The number of nitro benzene ring substituents is 1. The smallest absolute Gasteiger partial charge is 0.320 e.